The van der Waals surface area contributed by atoms with E-state index in [1.165, 1.54) is 12.4 Å². The van der Waals surface area contributed by atoms with Crippen molar-refractivity contribution >= 4 is 22.8 Å². The normalized spacial score (nSPS) is 15.4. The first-order valence-corrected chi connectivity index (χ1v) is 10.6. The second-order valence-electron chi connectivity index (χ2n) is 8.15. The van der Waals surface area contributed by atoms with Gasteiger partial charge < -0.3 is 19.5 Å². The highest BCUT2D eigenvalue weighted by Crippen LogP contribution is 2.30. The first kappa shape index (κ1) is 20.4. The summed E-state index contributed by atoms with van der Waals surface area (Å²) >= 11 is 0. The number of rotatable bonds is 5. The van der Waals surface area contributed by atoms with Crippen molar-refractivity contribution in [2.75, 3.05) is 32.6 Å². The van der Waals surface area contributed by atoms with Gasteiger partial charge in [-0.05, 0) is 52.0 Å². The molecule has 0 aromatic carbocycles. The zero-order chi connectivity index (χ0) is 22.2. The summed E-state index contributed by atoms with van der Waals surface area (Å²) in [6, 6.07) is 5.90. The summed E-state index contributed by atoms with van der Waals surface area (Å²) in [7, 11) is 3.69. The SMILES string of the molecule is COc1nc(C)ccc1-c1cc(Nc2cnc3c(F)cn(C4CCN(C)CC4)c3n2)n[nH]1. The van der Waals surface area contributed by atoms with E-state index in [0.29, 0.717) is 23.2 Å². The summed E-state index contributed by atoms with van der Waals surface area (Å²) in [6.45, 7) is 3.86. The van der Waals surface area contributed by atoms with Crippen molar-refractivity contribution in [3.63, 3.8) is 0 Å². The number of pyridine rings is 1. The van der Waals surface area contributed by atoms with Crippen LogP contribution in [0.3, 0.4) is 0 Å². The summed E-state index contributed by atoms with van der Waals surface area (Å²) in [6.07, 6.45) is 4.95. The average Bonchev–Trinajstić information content (AvgIpc) is 3.38. The number of aryl methyl sites for hydroxylation is 1. The molecule has 9 nitrogen and oxygen atoms in total. The van der Waals surface area contributed by atoms with Crippen LogP contribution in [0.4, 0.5) is 16.0 Å². The molecular weight excluding hydrogens is 411 g/mol. The van der Waals surface area contributed by atoms with Gasteiger partial charge in [0.25, 0.3) is 0 Å². The Balaban J connectivity index is 1.42. The standard InChI is InChI=1S/C22H25FN8O/c1-13-4-5-15(22(25-13)32-3)17-10-18(29-28-17)26-19-11-24-20-16(23)12-31(21(20)27-19)14-6-8-30(2)9-7-14/h4-5,10-12,14H,6-9H2,1-3H3,(H2,26,27,28,29). The van der Waals surface area contributed by atoms with Gasteiger partial charge in [0.1, 0.15) is 5.52 Å². The zero-order valence-corrected chi connectivity index (χ0v) is 18.3. The number of hydrogen-bond acceptors (Lipinski definition) is 7. The van der Waals surface area contributed by atoms with Crippen LogP contribution in [0.5, 0.6) is 5.88 Å². The first-order valence-electron chi connectivity index (χ1n) is 10.6. The lowest BCUT2D eigenvalue weighted by Gasteiger charge is -2.30. The number of H-pyrrole nitrogens is 1. The van der Waals surface area contributed by atoms with Crippen LogP contribution < -0.4 is 10.1 Å². The lowest BCUT2D eigenvalue weighted by Crippen LogP contribution is -2.31. The fraction of sp³-hybridized carbons (Fsp3) is 0.364. The number of likely N-dealkylation sites (tertiary alicyclic amines) is 1. The molecule has 4 aromatic rings. The molecule has 0 spiro atoms. The number of hydrogen-bond donors (Lipinski definition) is 2. The average molecular weight is 436 g/mol. The lowest BCUT2D eigenvalue weighted by molar-refractivity contribution is 0.223. The molecule has 166 valence electrons. The van der Waals surface area contributed by atoms with Crippen LogP contribution in [0.1, 0.15) is 24.6 Å². The van der Waals surface area contributed by atoms with Gasteiger partial charge in [0.2, 0.25) is 5.88 Å². The Morgan fingerprint density at radius 2 is 2.00 bits per heavy atom. The van der Waals surface area contributed by atoms with Crippen LogP contribution in [0.2, 0.25) is 0 Å². The molecule has 32 heavy (non-hydrogen) atoms. The van der Waals surface area contributed by atoms with Gasteiger partial charge in [0.05, 0.1) is 24.6 Å². The third-order valence-electron chi connectivity index (χ3n) is 5.88. The molecule has 5 rings (SSSR count). The summed E-state index contributed by atoms with van der Waals surface area (Å²) in [4.78, 5) is 15.7. The third-order valence-corrected chi connectivity index (χ3v) is 5.88. The number of halogens is 1. The van der Waals surface area contributed by atoms with Crippen molar-refractivity contribution in [2.24, 2.45) is 0 Å². The van der Waals surface area contributed by atoms with Crippen molar-refractivity contribution in [1.82, 2.24) is 34.6 Å². The minimum absolute atomic E-state index is 0.209. The number of nitrogens with zero attached hydrogens (tertiary/aromatic N) is 6. The predicted octanol–water partition coefficient (Wildman–Crippen LogP) is 3.68. The van der Waals surface area contributed by atoms with Gasteiger partial charge >= 0.3 is 0 Å². The van der Waals surface area contributed by atoms with Gasteiger partial charge in [-0.1, -0.05) is 0 Å². The summed E-state index contributed by atoms with van der Waals surface area (Å²) < 4.78 is 21.8. The van der Waals surface area contributed by atoms with Gasteiger partial charge in [0, 0.05) is 24.0 Å². The van der Waals surface area contributed by atoms with E-state index < -0.39 is 0 Å². The van der Waals surface area contributed by atoms with E-state index >= 15 is 0 Å². The van der Waals surface area contributed by atoms with Crippen LogP contribution in [0.15, 0.2) is 30.6 Å². The van der Waals surface area contributed by atoms with Crippen LogP contribution in [0.25, 0.3) is 22.4 Å². The van der Waals surface area contributed by atoms with Gasteiger partial charge in [-0.2, -0.15) is 5.10 Å². The Bertz CT molecular complexity index is 1260. The number of aromatic nitrogens is 6. The van der Waals surface area contributed by atoms with E-state index in [4.69, 9.17) is 4.74 Å². The zero-order valence-electron chi connectivity index (χ0n) is 18.3. The summed E-state index contributed by atoms with van der Waals surface area (Å²) in [5.41, 5.74) is 3.26. The molecule has 10 heteroatoms. The third kappa shape index (κ3) is 3.77. The van der Waals surface area contributed by atoms with Crippen LogP contribution in [-0.2, 0) is 0 Å². The highest BCUT2D eigenvalue weighted by atomic mass is 19.1. The van der Waals surface area contributed by atoms with Crippen molar-refractivity contribution in [3.8, 4) is 17.1 Å². The molecule has 1 saturated heterocycles. The van der Waals surface area contributed by atoms with E-state index in [0.717, 1.165) is 42.9 Å². The topological polar surface area (TPSA) is 96.8 Å². The Labute approximate surface area is 184 Å². The maximum Gasteiger partial charge on any atom is 0.222 e. The molecule has 1 aliphatic rings. The van der Waals surface area contributed by atoms with E-state index in [2.05, 4.69) is 42.4 Å². The van der Waals surface area contributed by atoms with E-state index in [1.54, 1.807) is 7.11 Å². The van der Waals surface area contributed by atoms with Gasteiger partial charge in [-0.25, -0.2) is 19.3 Å². The van der Waals surface area contributed by atoms with Crippen LogP contribution in [-0.4, -0.2) is 61.9 Å². The van der Waals surface area contributed by atoms with Crippen LogP contribution in [0, 0.1) is 12.7 Å². The molecule has 0 amide bonds. The first-order chi connectivity index (χ1) is 15.5. The summed E-state index contributed by atoms with van der Waals surface area (Å²) in [5.74, 6) is 1.23. The molecule has 0 aliphatic carbocycles. The van der Waals surface area contributed by atoms with E-state index in [-0.39, 0.29) is 17.4 Å². The number of fused-ring (bicyclic) bond motifs is 1. The largest absolute Gasteiger partial charge is 0.480 e. The monoisotopic (exact) mass is 436 g/mol. The molecule has 1 aliphatic heterocycles. The van der Waals surface area contributed by atoms with Crippen molar-refractivity contribution in [3.05, 3.63) is 42.1 Å². The number of anilines is 2. The maximum atomic E-state index is 14.5. The lowest BCUT2D eigenvalue weighted by atomic mass is 10.1. The smallest absolute Gasteiger partial charge is 0.222 e. The van der Waals surface area contributed by atoms with Crippen molar-refractivity contribution in [1.29, 1.82) is 0 Å². The fourth-order valence-electron chi connectivity index (χ4n) is 4.13. The fourth-order valence-corrected chi connectivity index (χ4v) is 4.13. The van der Waals surface area contributed by atoms with Crippen molar-refractivity contribution in [2.45, 2.75) is 25.8 Å². The minimum atomic E-state index is -0.348. The molecule has 1 fully saturated rings. The Kier molecular flexibility index (Phi) is 5.22. The molecule has 4 aromatic heterocycles. The Morgan fingerprint density at radius 3 is 2.78 bits per heavy atom. The van der Waals surface area contributed by atoms with E-state index in [9.17, 15) is 4.39 Å². The van der Waals surface area contributed by atoms with Gasteiger partial charge in [-0.3, -0.25) is 5.10 Å². The molecule has 2 N–H and O–H groups in total. The van der Waals surface area contributed by atoms with Crippen molar-refractivity contribution < 1.29 is 9.13 Å². The molecule has 0 bridgehead atoms. The number of ether oxygens (including phenoxy) is 1. The number of piperidine rings is 1. The number of methoxy groups -OCH3 is 1. The predicted molar refractivity (Wildman–Crippen MR) is 120 cm³/mol. The molecule has 0 unspecified atom stereocenters. The molecular formula is C22H25FN8O. The minimum Gasteiger partial charge on any atom is -0.480 e. The Morgan fingerprint density at radius 1 is 1.19 bits per heavy atom. The van der Waals surface area contributed by atoms with Gasteiger partial charge in [-0.15, -0.1) is 0 Å². The second-order valence-corrected chi connectivity index (χ2v) is 8.15. The maximum absolute atomic E-state index is 14.5. The van der Waals surface area contributed by atoms with E-state index in [1.807, 2.05) is 29.7 Å². The molecule has 5 heterocycles. The number of aromatic amines is 1. The highest BCUT2D eigenvalue weighted by Gasteiger charge is 2.23. The molecule has 0 radical (unpaired) electrons. The quantitative estimate of drug-likeness (QED) is 0.493. The van der Waals surface area contributed by atoms with Crippen LogP contribution >= 0.6 is 0 Å². The highest BCUT2D eigenvalue weighted by molar-refractivity contribution is 5.75. The Hall–Kier alpha value is -3.53. The molecule has 0 saturated carbocycles. The number of nitrogens with one attached hydrogen (secondary N) is 2. The second kappa shape index (κ2) is 8.19. The summed E-state index contributed by atoms with van der Waals surface area (Å²) in [5, 5.41) is 10.5. The van der Waals surface area contributed by atoms with Gasteiger partial charge in [0.15, 0.2) is 23.1 Å². The molecule has 0 atom stereocenters.